The number of nitrogens with one attached hydrogen (secondary N) is 1. The first-order valence-electron chi connectivity index (χ1n) is 8.93. The van der Waals surface area contributed by atoms with E-state index < -0.39 is 17.6 Å². The van der Waals surface area contributed by atoms with Gasteiger partial charge in [-0.2, -0.15) is 5.10 Å². The van der Waals surface area contributed by atoms with Gasteiger partial charge in [-0.3, -0.25) is 9.59 Å². The molecule has 0 fully saturated rings. The first kappa shape index (κ1) is 20.5. The minimum absolute atomic E-state index is 0.185. The van der Waals surface area contributed by atoms with Crippen LogP contribution in [-0.4, -0.2) is 40.1 Å². The summed E-state index contributed by atoms with van der Waals surface area (Å²) in [5.41, 5.74) is 2.20. The smallest absolute Gasteiger partial charge is 0.259 e. The molecule has 8 heteroatoms. The van der Waals surface area contributed by atoms with E-state index in [2.05, 4.69) is 10.4 Å². The van der Waals surface area contributed by atoms with Gasteiger partial charge in [-0.1, -0.05) is 41.9 Å². The first-order chi connectivity index (χ1) is 13.8. The highest BCUT2D eigenvalue weighted by molar-refractivity contribution is 6.33. The van der Waals surface area contributed by atoms with E-state index in [-0.39, 0.29) is 17.3 Å². The van der Waals surface area contributed by atoms with Crippen LogP contribution in [0.15, 0.2) is 54.6 Å². The predicted octanol–water partition coefficient (Wildman–Crippen LogP) is 3.74. The Bertz CT molecular complexity index is 1020. The lowest BCUT2D eigenvalue weighted by atomic mass is 10.2. The van der Waals surface area contributed by atoms with E-state index in [9.17, 15) is 14.0 Å². The second-order valence-corrected chi connectivity index (χ2v) is 6.97. The lowest BCUT2D eigenvalue weighted by Gasteiger charge is -2.17. The molecule has 3 aromatic rings. The molecule has 29 heavy (non-hydrogen) atoms. The molecule has 0 saturated heterocycles. The molecule has 2 aromatic carbocycles. The minimum Gasteiger partial charge on any atom is -0.332 e. The van der Waals surface area contributed by atoms with Crippen molar-refractivity contribution in [1.82, 2.24) is 14.7 Å². The van der Waals surface area contributed by atoms with Crippen LogP contribution in [-0.2, 0) is 11.3 Å². The number of hydrogen-bond acceptors (Lipinski definition) is 3. The van der Waals surface area contributed by atoms with Gasteiger partial charge in [0.1, 0.15) is 11.0 Å². The van der Waals surface area contributed by atoms with Gasteiger partial charge in [0, 0.05) is 12.7 Å². The van der Waals surface area contributed by atoms with Gasteiger partial charge in [-0.25, -0.2) is 9.07 Å². The summed E-state index contributed by atoms with van der Waals surface area (Å²) >= 11 is 6.42. The highest BCUT2D eigenvalue weighted by atomic mass is 35.5. The molecule has 1 aromatic heterocycles. The number of nitrogens with zero attached hydrogens (tertiary/aromatic N) is 3. The summed E-state index contributed by atoms with van der Waals surface area (Å²) in [6, 6.07) is 15.0. The molecule has 0 unspecified atom stereocenters. The Balaban J connectivity index is 1.69. The molecule has 1 heterocycles. The summed E-state index contributed by atoms with van der Waals surface area (Å²) in [7, 11) is 1.51. The molecule has 0 atom stereocenters. The molecule has 0 spiro atoms. The summed E-state index contributed by atoms with van der Waals surface area (Å²) in [5, 5.41) is 7.21. The second-order valence-electron chi connectivity index (χ2n) is 6.61. The molecule has 2 amide bonds. The van der Waals surface area contributed by atoms with Crippen LogP contribution in [0.25, 0.3) is 0 Å². The fourth-order valence-corrected chi connectivity index (χ4v) is 3.18. The second kappa shape index (κ2) is 8.87. The quantitative estimate of drug-likeness (QED) is 0.668. The Morgan fingerprint density at radius 1 is 1.14 bits per heavy atom. The van der Waals surface area contributed by atoms with E-state index in [1.165, 1.54) is 36.2 Å². The minimum atomic E-state index is -0.405. The molecule has 0 aliphatic rings. The zero-order valence-corrected chi connectivity index (χ0v) is 16.8. The summed E-state index contributed by atoms with van der Waals surface area (Å²) in [5.74, 6) is -1.20. The first-order valence-corrected chi connectivity index (χ1v) is 9.30. The number of halogens is 2. The molecule has 6 nitrogen and oxygen atoms in total. The fraction of sp³-hybridized carbons (Fsp3) is 0.190. The topological polar surface area (TPSA) is 67.2 Å². The maximum absolute atomic E-state index is 13.0. The van der Waals surface area contributed by atoms with Gasteiger partial charge in [0.25, 0.3) is 5.91 Å². The predicted molar refractivity (Wildman–Crippen MR) is 110 cm³/mol. The Kier molecular flexibility index (Phi) is 6.29. The fourth-order valence-electron chi connectivity index (χ4n) is 2.87. The number of aromatic nitrogens is 2. The van der Waals surface area contributed by atoms with Crippen LogP contribution in [0.1, 0.15) is 21.6 Å². The zero-order chi connectivity index (χ0) is 21.0. The standard InChI is InChI=1S/C21H20ClFN4O2/c1-14-19(20(22)27(25-14)12-15-6-4-3-5-7-15)21(29)26(2)13-18(28)24-17-10-8-16(23)9-11-17/h3-11H,12-13H2,1-2H3,(H,24,28). The zero-order valence-electron chi connectivity index (χ0n) is 16.0. The molecule has 150 valence electrons. The Hall–Kier alpha value is -3.19. The maximum Gasteiger partial charge on any atom is 0.259 e. The number of rotatable bonds is 6. The number of likely N-dealkylation sites (N-methyl/N-ethyl adjacent to an activating group) is 1. The van der Waals surface area contributed by atoms with Gasteiger partial charge < -0.3 is 10.2 Å². The van der Waals surface area contributed by atoms with Crippen molar-refractivity contribution in [3.8, 4) is 0 Å². The molecule has 0 aliphatic carbocycles. The Labute approximate surface area is 172 Å². The van der Waals surface area contributed by atoms with Crippen molar-refractivity contribution in [3.63, 3.8) is 0 Å². The van der Waals surface area contributed by atoms with Gasteiger partial charge in [-0.05, 0) is 36.8 Å². The average molecular weight is 415 g/mol. The Morgan fingerprint density at radius 2 is 1.79 bits per heavy atom. The van der Waals surface area contributed by atoms with Crippen LogP contribution in [0.2, 0.25) is 5.15 Å². The summed E-state index contributed by atoms with van der Waals surface area (Å²) in [4.78, 5) is 26.3. The molecular weight excluding hydrogens is 395 g/mol. The van der Waals surface area contributed by atoms with Crippen LogP contribution < -0.4 is 5.32 Å². The van der Waals surface area contributed by atoms with Crippen molar-refractivity contribution in [1.29, 1.82) is 0 Å². The van der Waals surface area contributed by atoms with E-state index in [0.717, 1.165) is 5.56 Å². The third-order valence-corrected chi connectivity index (χ3v) is 4.69. The number of anilines is 1. The van der Waals surface area contributed by atoms with Crippen molar-refractivity contribution in [3.05, 3.63) is 82.4 Å². The SMILES string of the molecule is Cc1nn(Cc2ccccc2)c(Cl)c1C(=O)N(C)CC(=O)Nc1ccc(F)cc1. The third kappa shape index (κ3) is 5.00. The molecule has 0 aliphatic heterocycles. The van der Waals surface area contributed by atoms with E-state index in [1.807, 2.05) is 30.3 Å². The number of carbonyl (C=O) groups is 2. The largest absolute Gasteiger partial charge is 0.332 e. The summed E-state index contributed by atoms with van der Waals surface area (Å²) in [6.45, 7) is 1.95. The van der Waals surface area contributed by atoms with Crippen LogP contribution in [0.3, 0.4) is 0 Å². The van der Waals surface area contributed by atoms with Crippen LogP contribution >= 0.6 is 11.6 Å². The number of aryl methyl sites for hydroxylation is 1. The molecule has 0 radical (unpaired) electrons. The van der Waals surface area contributed by atoms with E-state index in [1.54, 1.807) is 11.6 Å². The number of amides is 2. The molecule has 1 N–H and O–H groups in total. The van der Waals surface area contributed by atoms with Crippen LogP contribution in [0.4, 0.5) is 10.1 Å². The van der Waals surface area contributed by atoms with Gasteiger partial charge in [0.15, 0.2) is 0 Å². The van der Waals surface area contributed by atoms with Crippen molar-refractivity contribution in [2.75, 3.05) is 18.9 Å². The van der Waals surface area contributed by atoms with Gasteiger partial charge in [-0.15, -0.1) is 0 Å². The molecule has 3 rings (SSSR count). The average Bonchev–Trinajstić information content (AvgIpc) is 2.97. The lowest BCUT2D eigenvalue weighted by Crippen LogP contribution is -2.35. The van der Waals surface area contributed by atoms with Crippen molar-refractivity contribution >= 4 is 29.1 Å². The highest BCUT2D eigenvalue weighted by Crippen LogP contribution is 2.22. The third-order valence-electron chi connectivity index (χ3n) is 4.31. The highest BCUT2D eigenvalue weighted by Gasteiger charge is 2.24. The molecular formula is C21H20ClFN4O2. The van der Waals surface area contributed by atoms with Gasteiger partial charge >= 0.3 is 0 Å². The van der Waals surface area contributed by atoms with Gasteiger partial charge in [0.2, 0.25) is 5.91 Å². The van der Waals surface area contributed by atoms with Crippen LogP contribution in [0.5, 0.6) is 0 Å². The summed E-state index contributed by atoms with van der Waals surface area (Å²) < 4.78 is 14.5. The summed E-state index contributed by atoms with van der Waals surface area (Å²) in [6.07, 6.45) is 0. The molecule has 0 saturated carbocycles. The number of hydrogen-bond donors (Lipinski definition) is 1. The van der Waals surface area contributed by atoms with Gasteiger partial charge in [0.05, 0.1) is 24.3 Å². The number of carbonyl (C=O) groups excluding carboxylic acids is 2. The lowest BCUT2D eigenvalue weighted by molar-refractivity contribution is -0.116. The van der Waals surface area contributed by atoms with Crippen molar-refractivity contribution < 1.29 is 14.0 Å². The maximum atomic E-state index is 13.0. The number of benzene rings is 2. The van der Waals surface area contributed by atoms with Crippen molar-refractivity contribution in [2.24, 2.45) is 0 Å². The Morgan fingerprint density at radius 3 is 2.45 bits per heavy atom. The van der Waals surface area contributed by atoms with Crippen molar-refractivity contribution in [2.45, 2.75) is 13.5 Å². The van der Waals surface area contributed by atoms with E-state index in [4.69, 9.17) is 11.6 Å². The van der Waals surface area contributed by atoms with E-state index in [0.29, 0.717) is 17.9 Å². The van der Waals surface area contributed by atoms with Crippen LogP contribution in [0, 0.1) is 12.7 Å². The van der Waals surface area contributed by atoms with E-state index >= 15 is 0 Å². The monoisotopic (exact) mass is 414 g/mol. The molecule has 0 bridgehead atoms. The normalized spacial score (nSPS) is 10.6.